The molecule has 5 heteroatoms. The number of amides is 1. The quantitative estimate of drug-likeness (QED) is 0.854. The van der Waals surface area contributed by atoms with Gasteiger partial charge in [-0.05, 0) is 45.7 Å². The highest BCUT2D eigenvalue weighted by molar-refractivity contribution is 5.68. The van der Waals surface area contributed by atoms with Gasteiger partial charge in [-0.3, -0.25) is 0 Å². The Bertz CT molecular complexity index is 537. The maximum atomic E-state index is 12.2. The molecule has 1 amide bonds. The first-order valence-electron chi connectivity index (χ1n) is 8.16. The van der Waals surface area contributed by atoms with Crippen LogP contribution in [0.15, 0.2) is 24.3 Å². The summed E-state index contributed by atoms with van der Waals surface area (Å²) < 4.78 is 11.5. The van der Waals surface area contributed by atoms with Gasteiger partial charge in [0.05, 0.1) is 6.54 Å². The van der Waals surface area contributed by atoms with Crippen LogP contribution in [-0.2, 0) is 4.74 Å². The Balaban J connectivity index is 1.96. The highest BCUT2D eigenvalue weighted by atomic mass is 16.6. The minimum absolute atomic E-state index is 0.00804. The zero-order chi connectivity index (χ0) is 17.0. The normalized spacial score (nSPS) is 18.5. The highest BCUT2D eigenvalue weighted by Gasteiger charge is 2.28. The second-order valence-corrected chi connectivity index (χ2v) is 7.20. The third kappa shape index (κ3) is 5.34. The molecule has 1 saturated heterocycles. The van der Waals surface area contributed by atoms with E-state index in [-0.39, 0.29) is 12.2 Å². The van der Waals surface area contributed by atoms with Crippen molar-refractivity contribution in [2.24, 2.45) is 0 Å². The van der Waals surface area contributed by atoms with Crippen molar-refractivity contribution in [3.05, 3.63) is 24.3 Å². The van der Waals surface area contributed by atoms with Crippen LogP contribution in [0.25, 0.3) is 0 Å². The summed E-state index contributed by atoms with van der Waals surface area (Å²) in [6, 6.07) is 8.01. The van der Waals surface area contributed by atoms with Gasteiger partial charge in [0.25, 0.3) is 0 Å². The Kier molecular flexibility index (Phi) is 5.39. The van der Waals surface area contributed by atoms with Crippen LogP contribution in [-0.4, -0.2) is 49.9 Å². The first-order chi connectivity index (χ1) is 10.7. The Morgan fingerprint density at radius 3 is 2.70 bits per heavy atom. The van der Waals surface area contributed by atoms with E-state index in [2.05, 4.69) is 0 Å². The van der Waals surface area contributed by atoms with Gasteiger partial charge in [0, 0.05) is 32.4 Å². The molecule has 23 heavy (non-hydrogen) atoms. The minimum Gasteiger partial charge on any atom is -0.489 e. The molecule has 0 aromatic heterocycles. The number of hydrogen-bond acceptors (Lipinski definition) is 4. The molecule has 1 aromatic rings. The van der Waals surface area contributed by atoms with Gasteiger partial charge in [0.1, 0.15) is 17.5 Å². The first-order valence-corrected chi connectivity index (χ1v) is 8.16. The third-order valence-corrected chi connectivity index (χ3v) is 3.67. The first kappa shape index (κ1) is 17.4. The van der Waals surface area contributed by atoms with E-state index in [0.717, 1.165) is 30.8 Å². The summed E-state index contributed by atoms with van der Waals surface area (Å²) in [4.78, 5) is 16.0. The number of carbonyl (C=O) groups is 1. The molecule has 1 heterocycles. The number of carbonyl (C=O) groups excluding carboxylic acids is 1. The molecular weight excluding hydrogens is 292 g/mol. The summed E-state index contributed by atoms with van der Waals surface area (Å²) in [6.07, 6.45) is 1.63. The summed E-state index contributed by atoms with van der Waals surface area (Å²) in [6.45, 7) is 6.95. The molecule has 2 rings (SSSR count). The lowest BCUT2D eigenvalue weighted by Crippen LogP contribution is -2.46. The molecule has 5 nitrogen and oxygen atoms in total. The van der Waals surface area contributed by atoms with Gasteiger partial charge < -0.3 is 19.3 Å². The average molecular weight is 320 g/mol. The molecule has 1 aliphatic heterocycles. The van der Waals surface area contributed by atoms with Crippen molar-refractivity contribution >= 4 is 11.8 Å². The standard InChI is InChI=1S/C18H28N2O3/c1-18(2,3)23-17(21)20-11-7-10-16(13-20)22-15-9-6-8-14(12-15)19(4)5/h6,8-9,12,16H,7,10-11,13H2,1-5H3/t16-/m0/s1. The SMILES string of the molecule is CN(C)c1cccc(O[C@H]2CCCN(C(=O)OC(C)(C)C)C2)c1. The molecule has 1 aliphatic rings. The summed E-state index contributed by atoms with van der Waals surface area (Å²) in [5.74, 6) is 0.840. The van der Waals surface area contributed by atoms with Crippen LogP contribution < -0.4 is 9.64 Å². The van der Waals surface area contributed by atoms with E-state index in [9.17, 15) is 4.79 Å². The molecule has 128 valence electrons. The maximum absolute atomic E-state index is 12.2. The van der Waals surface area contributed by atoms with Gasteiger partial charge in [-0.1, -0.05) is 6.07 Å². The highest BCUT2D eigenvalue weighted by Crippen LogP contribution is 2.23. The van der Waals surface area contributed by atoms with E-state index in [4.69, 9.17) is 9.47 Å². The Hall–Kier alpha value is -1.91. The molecule has 0 unspecified atom stereocenters. The molecule has 0 N–H and O–H groups in total. The van der Waals surface area contributed by atoms with Gasteiger partial charge in [-0.2, -0.15) is 0 Å². The average Bonchev–Trinajstić information content (AvgIpc) is 2.46. The predicted molar refractivity (Wildman–Crippen MR) is 92.2 cm³/mol. The van der Waals surface area contributed by atoms with Gasteiger partial charge in [0.2, 0.25) is 0 Å². The maximum Gasteiger partial charge on any atom is 0.410 e. The molecule has 1 aromatic carbocycles. The molecule has 0 radical (unpaired) electrons. The van der Waals surface area contributed by atoms with E-state index < -0.39 is 5.60 Å². The largest absolute Gasteiger partial charge is 0.489 e. The van der Waals surface area contributed by atoms with Crippen molar-refractivity contribution in [1.29, 1.82) is 0 Å². The number of ether oxygens (including phenoxy) is 2. The number of rotatable bonds is 3. The Morgan fingerprint density at radius 2 is 2.04 bits per heavy atom. The van der Waals surface area contributed by atoms with Crippen LogP contribution in [0.2, 0.25) is 0 Å². The van der Waals surface area contributed by atoms with Crippen LogP contribution in [0.5, 0.6) is 5.75 Å². The Labute approximate surface area is 139 Å². The lowest BCUT2D eigenvalue weighted by molar-refractivity contribution is 0.00776. The molecule has 0 spiro atoms. The van der Waals surface area contributed by atoms with Gasteiger partial charge >= 0.3 is 6.09 Å². The molecule has 0 saturated carbocycles. The molecule has 0 bridgehead atoms. The molecule has 0 aliphatic carbocycles. The summed E-state index contributed by atoms with van der Waals surface area (Å²) in [7, 11) is 4.01. The summed E-state index contributed by atoms with van der Waals surface area (Å²) in [5, 5.41) is 0. The van der Waals surface area contributed by atoms with Crippen molar-refractivity contribution in [3.8, 4) is 5.75 Å². The fraction of sp³-hybridized carbons (Fsp3) is 0.611. The lowest BCUT2D eigenvalue weighted by atomic mass is 10.1. The van der Waals surface area contributed by atoms with Crippen LogP contribution >= 0.6 is 0 Å². The van der Waals surface area contributed by atoms with E-state index in [0.29, 0.717) is 6.54 Å². The van der Waals surface area contributed by atoms with Crippen LogP contribution in [0, 0.1) is 0 Å². The van der Waals surface area contributed by atoms with Crippen LogP contribution in [0.4, 0.5) is 10.5 Å². The van der Waals surface area contributed by atoms with Crippen molar-refractivity contribution < 1.29 is 14.3 Å². The van der Waals surface area contributed by atoms with Crippen molar-refractivity contribution in [3.63, 3.8) is 0 Å². The smallest absolute Gasteiger partial charge is 0.410 e. The molecular formula is C18H28N2O3. The van der Waals surface area contributed by atoms with Crippen molar-refractivity contribution in [1.82, 2.24) is 4.90 Å². The second-order valence-electron chi connectivity index (χ2n) is 7.20. The summed E-state index contributed by atoms with van der Waals surface area (Å²) in [5.41, 5.74) is 0.632. The third-order valence-electron chi connectivity index (χ3n) is 3.67. The molecule has 1 fully saturated rings. The van der Waals surface area contributed by atoms with E-state index in [1.165, 1.54) is 0 Å². The number of hydrogen-bond donors (Lipinski definition) is 0. The number of likely N-dealkylation sites (tertiary alicyclic amines) is 1. The zero-order valence-corrected chi connectivity index (χ0v) is 14.8. The fourth-order valence-corrected chi connectivity index (χ4v) is 2.55. The van der Waals surface area contributed by atoms with E-state index >= 15 is 0 Å². The minimum atomic E-state index is -0.467. The number of anilines is 1. The van der Waals surface area contributed by atoms with Crippen molar-refractivity contribution in [2.75, 3.05) is 32.1 Å². The van der Waals surface area contributed by atoms with Gasteiger partial charge in [0.15, 0.2) is 0 Å². The number of piperidine rings is 1. The van der Waals surface area contributed by atoms with E-state index in [1.807, 2.05) is 64.0 Å². The number of benzene rings is 1. The second kappa shape index (κ2) is 7.11. The van der Waals surface area contributed by atoms with Crippen molar-refractivity contribution in [2.45, 2.75) is 45.3 Å². The number of nitrogens with zero attached hydrogens (tertiary/aromatic N) is 2. The predicted octanol–water partition coefficient (Wildman–Crippen LogP) is 3.53. The van der Waals surface area contributed by atoms with Gasteiger partial charge in [-0.15, -0.1) is 0 Å². The monoisotopic (exact) mass is 320 g/mol. The summed E-state index contributed by atoms with van der Waals surface area (Å²) >= 11 is 0. The zero-order valence-electron chi connectivity index (χ0n) is 14.8. The van der Waals surface area contributed by atoms with Crippen LogP contribution in [0.3, 0.4) is 0 Å². The Morgan fingerprint density at radius 1 is 1.30 bits per heavy atom. The lowest BCUT2D eigenvalue weighted by Gasteiger charge is -2.34. The van der Waals surface area contributed by atoms with Crippen LogP contribution in [0.1, 0.15) is 33.6 Å². The van der Waals surface area contributed by atoms with E-state index in [1.54, 1.807) is 4.90 Å². The fourth-order valence-electron chi connectivity index (χ4n) is 2.55. The topological polar surface area (TPSA) is 42.0 Å². The van der Waals surface area contributed by atoms with Gasteiger partial charge in [-0.25, -0.2) is 4.79 Å². The molecule has 1 atom stereocenters.